The number of methoxy groups -OCH3 is 1. The second-order valence-electron chi connectivity index (χ2n) is 3.86. The molecule has 0 aliphatic rings. The van der Waals surface area contributed by atoms with Crippen molar-refractivity contribution in [2.75, 3.05) is 7.11 Å². The second kappa shape index (κ2) is 6.83. The van der Waals surface area contributed by atoms with Gasteiger partial charge in [-0.25, -0.2) is 8.78 Å². The first-order valence-electron chi connectivity index (χ1n) is 5.55. The number of Topliss-reactive ketones (excluding diaryl/α,β-unsaturated/α-hetero) is 1. The zero-order valence-electron chi connectivity index (χ0n) is 10.0. The lowest BCUT2D eigenvalue weighted by Gasteiger charge is -2.02. The van der Waals surface area contributed by atoms with Crippen molar-refractivity contribution in [2.45, 2.75) is 25.7 Å². The molecule has 3 nitrogen and oxygen atoms in total. The van der Waals surface area contributed by atoms with Crippen LogP contribution in [0.4, 0.5) is 8.78 Å². The summed E-state index contributed by atoms with van der Waals surface area (Å²) < 4.78 is 29.9. The summed E-state index contributed by atoms with van der Waals surface area (Å²) in [6.07, 6.45) is 0.683. The molecule has 1 aromatic rings. The highest BCUT2D eigenvalue weighted by Crippen LogP contribution is 2.11. The van der Waals surface area contributed by atoms with Crippen LogP contribution in [0, 0.1) is 11.6 Å². The summed E-state index contributed by atoms with van der Waals surface area (Å²) in [5.74, 6) is -2.37. The Bertz CT molecular complexity index is 444. The highest BCUT2D eigenvalue weighted by Gasteiger charge is 2.08. The van der Waals surface area contributed by atoms with Crippen molar-refractivity contribution in [1.82, 2.24) is 0 Å². The van der Waals surface area contributed by atoms with Gasteiger partial charge >= 0.3 is 5.97 Å². The van der Waals surface area contributed by atoms with Crippen LogP contribution in [0.5, 0.6) is 0 Å². The average molecular weight is 256 g/mol. The first-order valence-corrected chi connectivity index (χ1v) is 5.55. The van der Waals surface area contributed by atoms with Gasteiger partial charge in [-0.05, 0) is 24.1 Å². The molecular formula is C13H14F2O3. The Balaban J connectivity index is 2.38. The molecular weight excluding hydrogens is 242 g/mol. The van der Waals surface area contributed by atoms with Gasteiger partial charge in [0.25, 0.3) is 0 Å². The Morgan fingerprint density at radius 1 is 1.11 bits per heavy atom. The molecule has 0 aliphatic heterocycles. The number of hydrogen-bond acceptors (Lipinski definition) is 3. The molecule has 18 heavy (non-hydrogen) atoms. The van der Waals surface area contributed by atoms with Gasteiger partial charge < -0.3 is 4.74 Å². The van der Waals surface area contributed by atoms with Crippen LogP contribution in [-0.4, -0.2) is 18.9 Å². The van der Waals surface area contributed by atoms with Crippen molar-refractivity contribution in [2.24, 2.45) is 0 Å². The third-order valence-electron chi connectivity index (χ3n) is 2.51. The van der Waals surface area contributed by atoms with E-state index < -0.39 is 17.6 Å². The van der Waals surface area contributed by atoms with Gasteiger partial charge in [0.1, 0.15) is 5.78 Å². The van der Waals surface area contributed by atoms with E-state index in [1.165, 1.54) is 13.2 Å². The zero-order chi connectivity index (χ0) is 13.5. The lowest BCUT2D eigenvalue weighted by molar-refractivity contribution is -0.141. The van der Waals surface area contributed by atoms with E-state index in [-0.39, 0.29) is 25.0 Å². The van der Waals surface area contributed by atoms with Gasteiger partial charge in [-0.3, -0.25) is 9.59 Å². The lowest BCUT2D eigenvalue weighted by Crippen LogP contribution is -2.06. The Morgan fingerprint density at radius 3 is 2.44 bits per heavy atom. The van der Waals surface area contributed by atoms with E-state index in [0.29, 0.717) is 12.0 Å². The summed E-state index contributed by atoms with van der Waals surface area (Å²) in [5, 5.41) is 0. The van der Waals surface area contributed by atoms with E-state index in [4.69, 9.17) is 0 Å². The summed E-state index contributed by atoms with van der Waals surface area (Å²) in [6, 6.07) is 3.54. The Labute approximate surface area is 104 Å². The molecule has 0 amide bonds. The van der Waals surface area contributed by atoms with Crippen LogP contribution in [0.1, 0.15) is 24.8 Å². The van der Waals surface area contributed by atoms with E-state index in [1.807, 2.05) is 0 Å². The normalized spacial score (nSPS) is 10.2. The monoisotopic (exact) mass is 256 g/mol. The van der Waals surface area contributed by atoms with Crippen molar-refractivity contribution in [1.29, 1.82) is 0 Å². The maximum atomic E-state index is 12.9. The van der Waals surface area contributed by atoms with Gasteiger partial charge in [0.05, 0.1) is 13.5 Å². The van der Waals surface area contributed by atoms with Gasteiger partial charge in [-0.15, -0.1) is 0 Å². The number of ether oxygens (including phenoxy) is 1. The summed E-state index contributed by atoms with van der Waals surface area (Å²) in [7, 11) is 1.26. The molecule has 0 radical (unpaired) electrons. The van der Waals surface area contributed by atoms with Crippen LogP contribution in [0.15, 0.2) is 18.2 Å². The van der Waals surface area contributed by atoms with Gasteiger partial charge in [0, 0.05) is 12.8 Å². The summed E-state index contributed by atoms with van der Waals surface area (Å²) in [5.41, 5.74) is 0.556. The molecule has 0 saturated carbocycles. The number of hydrogen-bond donors (Lipinski definition) is 0. The largest absolute Gasteiger partial charge is 0.469 e. The number of benzene rings is 1. The van der Waals surface area contributed by atoms with Crippen LogP contribution in [0.3, 0.4) is 0 Å². The number of halogens is 2. The van der Waals surface area contributed by atoms with Gasteiger partial charge in [-0.1, -0.05) is 6.07 Å². The van der Waals surface area contributed by atoms with Crippen molar-refractivity contribution < 1.29 is 23.1 Å². The molecule has 0 atom stereocenters. The van der Waals surface area contributed by atoms with Gasteiger partial charge in [0.15, 0.2) is 11.6 Å². The fourth-order valence-electron chi connectivity index (χ4n) is 1.45. The van der Waals surface area contributed by atoms with Crippen LogP contribution >= 0.6 is 0 Å². The molecule has 0 bridgehead atoms. The number of carbonyl (C=O) groups excluding carboxylic acids is 2. The molecule has 0 aliphatic carbocycles. The number of aryl methyl sites for hydroxylation is 1. The van der Waals surface area contributed by atoms with Gasteiger partial charge in [-0.2, -0.15) is 0 Å². The molecule has 0 saturated heterocycles. The van der Waals surface area contributed by atoms with Crippen molar-refractivity contribution in [3.8, 4) is 0 Å². The predicted octanol–water partition coefficient (Wildman–Crippen LogP) is 2.42. The molecule has 0 spiro atoms. The first kappa shape index (κ1) is 14.3. The summed E-state index contributed by atoms with van der Waals surface area (Å²) in [4.78, 5) is 22.2. The zero-order valence-corrected chi connectivity index (χ0v) is 10.0. The fourth-order valence-corrected chi connectivity index (χ4v) is 1.45. The van der Waals surface area contributed by atoms with Crippen molar-refractivity contribution in [3.63, 3.8) is 0 Å². The number of ketones is 1. The maximum absolute atomic E-state index is 12.9. The fraction of sp³-hybridized carbons (Fsp3) is 0.385. The Kier molecular flexibility index (Phi) is 5.42. The molecule has 0 unspecified atom stereocenters. The van der Waals surface area contributed by atoms with E-state index in [2.05, 4.69) is 4.74 Å². The quantitative estimate of drug-likeness (QED) is 0.734. The number of carbonyl (C=O) groups is 2. The van der Waals surface area contributed by atoms with Crippen LogP contribution in [0.25, 0.3) is 0 Å². The number of rotatable bonds is 6. The molecule has 98 valence electrons. The van der Waals surface area contributed by atoms with Crippen LogP contribution in [-0.2, 0) is 20.7 Å². The van der Waals surface area contributed by atoms with E-state index in [0.717, 1.165) is 12.1 Å². The van der Waals surface area contributed by atoms with E-state index in [9.17, 15) is 18.4 Å². The minimum absolute atomic E-state index is 0.0487. The topological polar surface area (TPSA) is 43.4 Å². The van der Waals surface area contributed by atoms with Gasteiger partial charge in [0.2, 0.25) is 0 Å². The molecule has 0 N–H and O–H groups in total. The standard InChI is InChI=1S/C13H14F2O3/c1-18-13(17)7-5-10(16)4-2-9-3-6-11(14)12(15)8-9/h3,6,8H,2,4-5,7H2,1H3. The highest BCUT2D eigenvalue weighted by molar-refractivity contribution is 5.83. The van der Waals surface area contributed by atoms with Crippen molar-refractivity contribution >= 4 is 11.8 Å². The third kappa shape index (κ3) is 4.61. The maximum Gasteiger partial charge on any atom is 0.305 e. The predicted molar refractivity (Wildman–Crippen MR) is 60.9 cm³/mol. The molecule has 1 rings (SSSR count). The Morgan fingerprint density at radius 2 is 1.83 bits per heavy atom. The minimum Gasteiger partial charge on any atom is -0.469 e. The molecule has 5 heteroatoms. The number of esters is 1. The third-order valence-corrected chi connectivity index (χ3v) is 2.51. The first-order chi connectivity index (χ1) is 8.52. The van der Waals surface area contributed by atoms with Crippen LogP contribution in [0.2, 0.25) is 0 Å². The summed E-state index contributed by atoms with van der Waals surface area (Å²) >= 11 is 0. The van der Waals surface area contributed by atoms with Crippen molar-refractivity contribution in [3.05, 3.63) is 35.4 Å². The van der Waals surface area contributed by atoms with Crippen LogP contribution < -0.4 is 0 Å². The average Bonchev–Trinajstić information content (AvgIpc) is 2.37. The minimum atomic E-state index is -0.922. The SMILES string of the molecule is COC(=O)CCC(=O)CCc1ccc(F)c(F)c1. The molecule has 0 fully saturated rings. The summed E-state index contributed by atoms with van der Waals surface area (Å²) in [6.45, 7) is 0. The lowest BCUT2D eigenvalue weighted by atomic mass is 10.0. The Hall–Kier alpha value is -1.78. The molecule has 1 aromatic carbocycles. The highest BCUT2D eigenvalue weighted by atomic mass is 19.2. The molecule has 0 heterocycles. The molecule has 0 aromatic heterocycles. The smallest absolute Gasteiger partial charge is 0.305 e. The van der Waals surface area contributed by atoms with E-state index >= 15 is 0 Å². The van der Waals surface area contributed by atoms with E-state index in [1.54, 1.807) is 0 Å². The second-order valence-corrected chi connectivity index (χ2v) is 3.86.